The number of rotatable bonds is 3. The Labute approximate surface area is 171 Å². The van der Waals surface area contributed by atoms with Gasteiger partial charge < -0.3 is 19.4 Å². The largest absolute Gasteiger partial charge is 0.378 e. The molecule has 0 spiro atoms. The monoisotopic (exact) mass is 409 g/mol. The number of carbonyl (C=O) groups is 2. The number of amides is 3. The van der Waals surface area contributed by atoms with Gasteiger partial charge in [-0.15, -0.1) is 0 Å². The van der Waals surface area contributed by atoms with Gasteiger partial charge >= 0.3 is 6.03 Å². The molecule has 0 N–H and O–H groups in total. The summed E-state index contributed by atoms with van der Waals surface area (Å²) >= 11 is 6.48. The highest BCUT2D eigenvalue weighted by molar-refractivity contribution is 6.14. The lowest BCUT2D eigenvalue weighted by Crippen LogP contribution is -2.48. The summed E-state index contributed by atoms with van der Waals surface area (Å²) in [6.07, 6.45) is 3.46. The minimum absolute atomic E-state index is 0.0553. The van der Waals surface area contributed by atoms with Gasteiger partial charge in [0.2, 0.25) is 5.91 Å². The van der Waals surface area contributed by atoms with Crippen LogP contribution in [0.1, 0.15) is 25.7 Å². The van der Waals surface area contributed by atoms with Crippen LogP contribution in [0.4, 0.5) is 4.79 Å². The van der Waals surface area contributed by atoms with Crippen molar-refractivity contribution in [3.8, 4) is 6.07 Å². The van der Waals surface area contributed by atoms with Gasteiger partial charge in [-0.3, -0.25) is 4.79 Å². The van der Waals surface area contributed by atoms with Crippen molar-refractivity contribution >= 4 is 23.7 Å². The van der Waals surface area contributed by atoms with Crippen molar-refractivity contribution in [2.75, 3.05) is 52.5 Å². The zero-order valence-corrected chi connectivity index (χ0v) is 16.9. The Hall–Kier alpha value is -1.56. The van der Waals surface area contributed by atoms with Gasteiger partial charge in [-0.2, -0.15) is 5.26 Å². The summed E-state index contributed by atoms with van der Waals surface area (Å²) < 4.78 is 6.97. The number of hydrogen-bond acceptors (Lipinski definition) is 5. The van der Waals surface area contributed by atoms with Crippen molar-refractivity contribution in [1.29, 1.82) is 5.26 Å². The van der Waals surface area contributed by atoms with Crippen LogP contribution in [0.25, 0.3) is 0 Å². The second kappa shape index (κ2) is 8.44. The molecule has 4 aliphatic rings. The molecule has 3 amide bonds. The Bertz CT molecular complexity index is 636. The van der Waals surface area contributed by atoms with Gasteiger partial charge in [0.05, 0.1) is 25.8 Å². The van der Waals surface area contributed by atoms with E-state index in [1.807, 2.05) is 9.80 Å². The highest BCUT2D eigenvalue weighted by Crippen LogP contribution is 2.41. The zero-order valence-electron chi connectivity index (χ0n) is 16.1. The fraction of sp³-hybridized carbons (Fsp3) is 0.842. The van der Waals surface area contributed by atoms with Gasteiger partial charge in [0.1, 0.15) is 6.04 Å². The summed E-state index contributed by atoms with van der Waals surface area (Å²) in [6.45, 7) is 4.94. The standard InChI is InChI=1S/C19H28ClN5O3/c20-25(13-18(26)24-3-1-2-16(24)10-21)17-8-14-11-23(12-15(14)9-17)19(27)22-4-6-28-7-5-22/h14-17H,1-9,11-13H2/t14-,15+,16?,17?. The van der Waals surface area contributed by atoms with E-state index in [4.69, 9.17) is 16.5 Å². The van der Waals surface area contributed by atoms with Crippen molar-refractivity contribution in [3.05, 3.63) is 0 Å². The number of nitriles is 1. The van der Waals surface area contributed by atoms with Crippen LogP contribution in [0.3, 0.4) is 0 Å². The van der Waals surface area contributed by atoms with E-state index in [1.165, 1.54) is 0 Å². The molecule has 0 bridgehead atoms. The maximum atomic E-state index is 12.7. The molecular weight excluding hydrogens is 382 g/mol. The molecule has 3 saturated heterocycles. The van der Waals surface area contributed by atoms with Crippen molar-refractivity contribution in [2.45, 2.75) is 37.8 Å². The van der Waals surface area contributed by atoms with Crippen molar-refractivity contribution in [3.63, 3.8) is 0 Å². The molecule has 3 aliphatic heterocycles. The lowest BCUT2D eigenvalue weighted by Gasteiger charge is -2.32. The fourth-order valence-corrected chi connectivity index (χ4v) is 5.42. The maximum Gasteiger partial charge on any atom is 0.320 e. The summed E-state index contributed by atoms with van der Waals surface area (Å²) in [6, 6.07) is 2.19. The summed E-state index contributed by atoms with van der Waals surface area (Å²) in [5, 5.41) is 9.17. The van der Waals surface area contributed by atoms with Gasteiger partial charge in [0.25, 0.3) is 0 Å². The number of halogens is 1. The van der Waals surface area contributed by atoms with E-state index >= 15 is 0 Å². The molecule has 1 saturated carbocycles. The summed E-state index contributed by atoms with van der Waals surface area (Å²) in [5.41, 5.74) is 0. The van der Waals surface area contributed by atoms with Gasteiger partial charge in [0, 0.05) is 38.8 Å². The SMILES string of the molecule is N#CC1CCCN1C(=O)CN(Cl)C1C[C@@H]2CN(C(=O)N3CCOCC3)C[C@@H]2C1. The molecule has 2 unspecified atom stereocenters. The third-order valence-electron chi connectivity index (χ3n) is 6.68. The molecule has 1 aliphatic carbocycles. The highest BCUT2D eigenvalue weighted by atomic mass is 35.5. The average Bonchev–Trinajstić information content (AvgIpc) is 3.42. The number of morpholine rings is 1. The molecule has 9 heteroatoms. The van der Waals surface area contributed by atoms with Gasteiger partial charge in [-0.1, -0.05) is 0 Å². The topological polar surface area (TPSA) is 80.1 Å². The molecule has 154 valence electrons. The second-order valence-electron chi connectivity index (χ2n) is 8.36. The van der Waals surface area contributed by atoms with Crippen LogP contribution in [-0.4, -0.2) is 95.6 Å². The molecule has 4 atom stereocenters. The van der Waals surface area contributed by atoms with E-state index in [9.17, 15) is 14.9 Å². The van der Waals surface area contributed by atoms with Crippen LogP contribution in [-0.2, 0) is 9.53 Å². The van der Waals surface area contributed by atoms with E-state index in [2.05, 4.69) is 6.07 Å². The zero-order chi connectivity index (χ0) is 19.7. The maximum absolute atomic E-state index is 12.7. The van der Waals surface area contributed by atoms with Crippen molar-refractivity contribution in [1.82, 2.24) is 19.1 Å². The third kappa shape index (κ3) is 3.93. The van der Waals surface area contributed by atoms with Crippen LogP contribution in [0.2, 0.25) is 0 Å². The van der Waals surface area contributed by atoms with Crippen molar-refractivity contribution < 1.29 is 14.3 Å². The number of ether oxygens (including phenoxy) is 1. The highest BCUT2D eigenvalue weighted by Gasteiger charge is 2.45. The Morgan fingerprint density at radius 3 is 2.43 bits per heavy atom. The van der Waals surface area contributed by atoms with Gasteiger partial charge in [-0.05, 0) is 49.3 Å². The first-order valence-corrected chi connectivity index (χ1v) is 10.6. The number of carbonyl (C=O) groups excluding carboxylic acids is 2. The van der Waals surface area contributed by atoms with Gasteiger partial charge in [-0.25, -0.2) is 9.21 Å². The first kappa shape index (κ1) is 19.7. The fourth-order valence-electron chi connectivity index (χ4n) is 5.16. The lowest BCUT2D eigenvalue weighted by molar-refractivity contribution is -0.131. The minimum atomic E-state index is -0.305. The summed E-state index contributed by atoms with van der Waals surface area (Å²) in [5.74, 6) is 0.843. The molecular formula is C19H28ClN5O3. The summed E-state index contributed by atoms with van der Waals surface area (Å²) in [7, 11) is 0. The van der Waals surface area contributed by atoms with Crippen LogP contribution in [0.5, 0.6) is 0 Å². The Morgan fingerprint density at radius 1 is 1.11 bits per heavy atom. The molecule has 8 nitrogen and oxygen atoms in total. The van der Waals surface area contributed by atoms with E-state index in [-0.39, 0.29) is 30.6 Å². The molecule has 0 aromatic heterocycles. The Morgan fingerprint density at radius 2 is 1.79 bits per heavy atom. The van der Waals surface area contributed by atoms with Crippen LogP contribution in [0, 0.1) is 23.2 Å². The molecule has 4 rings (SSSR count). The number of fused-ring (bicyclic) bond motifs is 1. The summed E-state index contributed by atoms with van der Waals surface area (Å²) in [4.78, 5) is 30.7. The van der Waals surface area contributed by atoms with Crippen LogP contribution >= 0.6 is 11.8 Å². The first-order valence-electron chi connectivity index (χ1n) is 10.3. The lowest BCUT2D eigenvalue weighted by atomic mass is 10.0. The van der Waals surface area contributed by atoms with Crippen LogP contribution in [0.15, 0.2) is 0 Å². The number of hydrogen-bond donors (Lipinski definition) is 0. The van der Waals surface area contributed by atoms with E-state index < -0.39 is 0 Å². The smallest absolute Gasteiger partial charge is 0.320 e. The molecule has 0 aromatic carbocycles. The number of urea groups is 1. The van der Waals surface area contributed by atoms with E-state index in [0.717, 1.165) is 38.8 Å². The van der Waals surface area contributed by atoms with Gasteiger partial charge in [0.15, 0.2) is 0 Å². The average molecular weight is 410 g/mol. The van der Waals surface area contributed by atoms with Crippen LogP contribution < -0.4 is 0 Å². The quantitative estimate of drug-likeness (QED) is 0.652. The Balaban J connectivity index is 1.26. The second-order valence-corrected chi connectivity index (χ2v) is 8.80. The molecule has 0 aromatic rings. The van der Waals surface area contributed by atoms with Crippen molar-refractivity contribution in [2.24, 2.45) is 11.8 Å². The number of likely N-dealkylation sites (tertiary alicyclic amines) is 2. The number of nitrogens with zero attached hydrogens (tertiary/aromatic N) is 5. The first-order chi connectivity index (χ1) is 13.6. The Kier molecular flexibility index (Phi) is 5.95. The molecule has 4 fully saturated rings. The third-order valence-corrected chi connectivity index (χ3v) is 7.08. The predicted octanol–water partition coefficient (Wildman–Crippen LogP) is 1.12. The molecule has 0 radical (unpaired) electrons. The predicted molar refractivity (Wildman–Crippen MR) is 102 cm³/mol. The normalized spacial score (nSPS) is 32.7. The molecule has 28 heavy (non-hydrogen) atoms. The molecule has 3 heterocycles. The van der Waals surface area contributed by atoms with E-state index in [1.54, 1.807) is 9.32 Å². The minimum Gasteiger partial charge on any atom is -0.378 e. The van der Waals surface area contributed by atoms with E-state index in [0.29, 0.717) is 44.7 Å².